The second-order valence-electron chi connectivity index (χ2n) is 3.02. The molecule has 1 aromatic rings. The molecule has 1 atom stereocenters. The maximum atomic E-state index is 11.5. The van der Waals surface area contributed by atoms with E-state index in [0.717, 1.165) is 16.9 Å². The van der Waals surface area contributed by atoms with Crippen molar-refractivity contribution < 1.29 is 4.21 Å². The smallest absolute Gasteiger partial charge is 0.0573 e. The van der Waals surface area contributed by atoms with Gasteiger partial charge in [-0.2, -0.15) is 0 Å². The second-order valence-corrected chi connectivity index (χ2v) is 4.44. The van der Waals surface area contributed by atoms with Crippen LogP contribution in [0.3, 0.4) is 0 Å². The summed E-state index contributed by atoms with van der Waals surface area (Å²) in [5.41, 5.74) is 2.25. The molecule has 1 aromatic carbocycles. The fourth-order valence-electron chi connectivity index (χ4n) is 1.46. The van der Waals surface area contributed by atoms with Gasteiger partial charge in [0.1, 0.15) is 0 Å². The second kappa shape index (κ2) is 2.87. The fourth-order valence-corrected chi connectivity index (χ4v) is 2.75. The van der Waals surface area contributed by atoms with Crippen LogP contribution in [0.2, 0.25) is 0 Å². The largest absolute Gasteiger partial charge is 0.254 e. The van der Waals surface area contributed by atoms with Crippen molar-refractivity contribution in [1.82, 2.24) is 0 Å². The van der Waals surface area contributed by atoms with E-state index < -0.39 is 10.8 Å². The minimum absolute atomic E-state index is 0.636. The third kappa shape index (κ3) is 1.23. The van der Waals surface area contributed by atoms with Gasteiger partial charge in [-0.25, -0.2) is 0 Å². The van der Waals surface area contributed by atoms with Crippen LogP contribution < -0.4 is 0 Å². The minimum atomic E-state index is -0.845. The molecule has 0 amide bonds. The van der Waals surface area contributed by atoms with Crippen LogP contribution in [0.15, 0.2) is 41.3 Å². The average molecular weight is 178 g/mol. The maximum Gasteiger partial charge on any atom is 0.0573 e. The predicted molar refractivity (Wildman–Crippen MR) is 50.6 cm³/mol. The Hall–Kier alpha value is -0.890. The van der Waals surface area contributed by atoms with E-state index in [1.807, 2.05) is 24.3 Å². The molecule has 12 heavy (non-hydrogen) atoms. The maximum absolute atomic E-state index is 11.5. The van der Waals surface area contributed by atoms with Crippen LogP contribution in [0, 0.1) is 0 Å². The summed E-state index contributed by atoms with van der Waals surface area (Å²) in [6.07, 6.45) is 0.891. The molecule has 1 unspecified atom stereocenters. The van der Waals surface area contributed by atoms with Crippen molar-refractivity contribution in [3.8, 4) is 0 Å². The molecule has 2 rings (SSSR count). The SMILES string of the molecule is C=C1Cc2ccccc2S(=O)C1. The van der Waals surface area contributed by atoms with Crippen LogP contribution in [-0.4, -0.2) is 9.96 Å². The first-order chi connectivity index (χ1) is 5.77. The Bertz CT molecular complexity index is 355. The van der Waals surface area contributed by atoms with Gasteiger partial charge in [0.15, 0.2) is 0 Å². The molecule has 1 aliphatic rings. The van der Waals surface area contributed by atoms with Crippen molar-refractivity contribution in [2.75, 3.05) is 5.75 Å². The van der Waals surface area contributed by atoms with Gasteiger partial charge in [-0.1, -0.05) is 30.4 Å². The van der Waals surface area contributed by atoms with Gasteiger partial charge in [0.05, 0.1) is 10.8 Å². The Morgan fingerprint density at radius 2 is 2.08 bits per heavy atom. The fraction of sp³-hybridized carbons (Fsp3) is 0.200. The number of benzene rings is 1. The first kappa shape index (κ1) is 7.74. The Kier molecular flexibility index (Phi) is 1.85. The number of rotatable bonds is 0. The zero-order valence-electron chi connectivity index (χ0n) is 6.75. The van der Waals surface area contributed by atoms with Gasteiger partial charge < -0.3 is 0 Å². The van der Waals surface area contributed by atoms with Gasteiger partial charge in [-0.05, 0) is 18.1 Å². The number of fused-ring (bicyclic) bond motifs is 1. The molecule has 0 radical (unpaired) electrons. The highest BCUT2D eigenvalue weighted by molar-refractivity contribution is 7.85. The molecular weight excluding hydrogens is 168 g/mol. The Morgan fingerprint density at radius 3 is 2.92 bits per heavy atom. The molecule has 0 N–H and O–H groups in total. The lowest BCUT2D eigenvalue weighted by molar-refractivity contribution is 0.681. The van der Waals surface area contributed by atoms with Crippen molar-refractivity contribution in [2.45, 2.75) is 11.3 Å². The van der Waals surface area contributed by atoms with Crippen molar-refractivity contribution in [3.05, 3.63) is 42.0 Å². The molecule has 62 valence electrons. The normalized spacial score (nSPS) is 22.0. The standard InChI is InChI=1S/C10H10OS/c1-8-6-9-4-2-3-5-10(9)12(11)7-8/h2-5H,1,6-7H2. The van der Waals surface area contributed by atoms with E-state index >= 15 is 0 Å². The van der Waals surface area contributed by atoms with E-state index in [2.05, 4.69) is 6.58 Å². The van der Waals surface area contributed by atoms with Crippen molar-refractivity contribution in [2.24, 2.45) is 0 Å². The summed E-state index contributed by atoms with van der Waals surface area (Å²) < 4.78 is 11.5. The Labute approximate surface area is 74.6 Å². The van der Waals surface area contributed by atoms with Gasteiger partial charge in [-0.3, -0.25) is 4.21 Å². The van der Waals surface area contributed by atoms with Crippen LogP contribution in [0.25, 0.3) is 0 Å². The number of hydrogen-bond donors (Lipinski definition) is 0. The van der Waals surface area contributed by atoms with Gasteiger partial charge in [0.2, 0.25) is 0 Å². The van der Waals surface area contributed by atoms with E-state index in [-0.39, 0.29) is 0 Å². The molecule has 0 aromatic heterocycles. The summed E-state index contributed by atoms with van der Waals surface area (Å²) in [7, 11) is -0.845. The Balaban J connectivity index is 2.54. The summed E-state index contributed by atoms with van der Waals surface area (Å²) >= 11 is 0. The molecule has 1 heterocycles. The molecule has 0 spiro atoms. The van der Waals surface area contributed by atoms with Crippen molar-refractivity contribution in [3.63, 3.8) is 0 Å². The predicted octanol–water partition coefficient (Wildman–Crippen LogP) is 1.91. The van der Waals surface area contributed by atoms with E-state index in [4.69, 9.17) is 0 Å². The summed E-state index contributed by atoms with van der Waals surface area (Å²) in [5.74, 6) is 0.636. The molecule has 0 fully saturated rings. The van der Waals surface area contributed by atoms with Gasteiger partial charge in [0, 0.05) is 10.6 Å². The third-order valence-corrected chi connectivity index (χ3v) is 3.55. The van der Waals surface area contributed by atoms with Crippen molar-refractivity contribution in [1.29, 1.82) is 0 Å². The summed E-state index contributed by atoms with van der Waals surface area (Å²) in [5, 5.41) is 0. The average Bonchev–Trinajstić information content (AvgIpc) is 2.04. The lowest BCUT2D eigenvalue weighted by Gasteiger charge is -2.16. The molecule has 0 bridgehead atoms. The summed E-state index contributed by atoms with van der Waals surface area (Å²) in [6, 6.07) is 7.88. The van der Waals surface area contributed by atoms with Crippen LogP contribution in [0.1, 0.15) is 5.56 Å². The first-order valence-corrected chi connectivity index (χ1v) is 5.22. The summed E-state index contributed by atoms with van der Waals surface area (Å²) in [6.45, 7) is 3.87. The molecular formula is C10H10OS. The molecule has 2 heteroatoms. The molecule has 0 saturated heterocycles. The molecule has 0 saturated carbocycles. The van der Waals surface area contributed by atoms with Crippen LogP contribution in [-0.2, 0) is 17.2 Å². The van der Waals surface area contributed by atoms with Gasteiger partial charge in [0.25, 0.3) is 0 Å². The molecule has 1 aliphatic heterocycles. The van der Waals surface area contributed by atoms with Gasteiger partial charge in [-0.15, -0.1) is 0 Å². The lowest BCUT2D eigenvalue weighted by Crippen LogP contribution is -2.11. The first-order valence-electron chi connectivity index (χ1n) is 3.90. The Morgan fingerprint density at radius 1 is 1.33 bits per heavy atom. The van der Waals surface area contributed by atoms with E-state index in [1.165, 1.54) is 5.56 Å². The monoisotopic (exact) mass is 178 g/mol. The molecule has 0 aliphatic carbocycles. The van der Waals surface area contributed by atoms with Crippen LogP contribution in [0.4, 0.5) is 0 Å². The van der Waals surface area contributed by atoms with Crippen molar-refractivity contribution >= 4 is 10.8 Å². The summed E-state index contributed by atoms with van der Waals surface area (Å²) in [4.78, 5) is 0.991. The van der Waals surface area contributed by atoms with Crippen LogP contribution in [0.5, 0.6) is 0 Å². The van der Waals surface area contributed by atoms with Gasteiger partial charge >= 0.3 is 0 Å². The highest BCUT2D eigenvalue weighted by Gasteiger charge is 2.16. The zero-order valence-corrected chi connectivity index (χ0v) is 7.56. The topological polar surface area (TPSA) is 17.1 Å². The third-order valence-electron chi connectivity index (χ3n) is 1.99. The van der Waals surface area contributed by atoms with Crippen LogP contribution >= 0.6 is 0 Å². The highest BCUT2D eigenvalue weighted by atomic mass is 32.2. The molecule has 1 nitrogen and oxygen atoms in total. The lowest BCUT2D eigenvalue weighted by atomic mass is 10.1. The minimum Gasteiger partial charge on any atom is -0.254 e. The van der Waals surface area contributed by atoms with E-state index in [1.54, 1.807) is 0 Å². The van der Waals surface area contributed by atoms with E-state index in [9.17, 15) is 4.21 Å². The zero-order chi connectivity index (χ0) is 8.55. The highest BCUT2D eigenvalue weighted by Crippen LogP contribution is 2.23. The quantitative estimate of drug-likeness (QED) is 0.555. The number of hydrogen-bond acceptors (Lipinski definition) is 1. The van der Waals surface area contributed by atoms with E-state index in [0.29, 0.717) is 5.75 Å².